The quantitative estimate of drug-likeness (QED) is 0.507. The Labute approximate surface area is 142 Å². The van der Waals surface area contributed by atoms with E-state index in [9.17, 15) is 4.79 Å². The molecule has 0 saturated carbocycles. The van der Waals surface area contributed by atoms with E-state index in [4.69, 9.17) is 0 Å². The van der Waals surface area contributed by atoms with Gasteiger partial charge in [0.1, 0.15) is 0 Å². The highest BCUT2D eigenvalue weighted by atomic mass is 79.9. The average molecular weight is 371 g/mol. The molecule has 0 unspecified atom stereocenters. The van der Waals surface area contributed by atoms with Crippen molar-refractivity contribution in [2.75, 3.05) is 0 Å². The van der Waals surface area contributed by atoms with Gasteiger partial charge in [0.25, 0.3) is 0 Å². The molecule has 0 atom stereocenters. The van der Waals surface area contributed by atoms with Crippen molar-refractivity contribution < 1.29 is 4.79 Å². The van der Waals surface area contributed by atoms with Crippen LogP contribution in [0, 0.1) is 0 Å². The second kappa shape index (κ2) is 6.75. The van der Waals surface area contributed by atoms with Gasteiger partial charge in [-0.15, -0.1) is 0 Å². The van der Waals surface area contributed by atoms with E-state index >= 15 is 0 Å². The molecular formula is C17H15BrN4O. The molecule has 2 aromatic heterocycles. The fraction of sp³-hybridized carbons (Fsp3) is 0.118. The van der Waals surface area contributed by atoms with Crippen LogP contribution in [0.2, 0.25) is 0 Å². The zero-order valence-corrected chi connectivity index (χ0v) is 14.1. The molecule has 0 bridgehead atoms. The Hall–Kier alpha value is -2.47. The van der Waals surface area contributed by atoms with Crippen LogP contribution in [-0.2, 0) is 6.54 Å². The molecule has 5 nitrogen and oxygen atoms in total. The first-order valence-electron chi connectivity index (χ1n) is 7.21. The van der Waals surface area contributed by atoms with Crippen LogP contribution >= 0.6 is 15.9 Å². The van der Waals surface area contributed by atoms with Crippen LogP contribution in [0.5, 0.6) is 0 Å². The van der Waals surface area contributed by atoms with Crippen LogP contribution in [0.1, 0.15) is 23.0 Å². The molecular weight excluding hydrogens is 356 g/mol. The Balaban J connectivity index is 1.78. The minimum atomic E-state index is -0.0436. The van der Waals surface area contributed by atoms with Crippen LogP contribution < -0.4 is 0 Å². The first kappa shape index (κ1) is 15.4. The van der Waals surface area contributed by atoms with Crippen LogP contribution in [0.15, 0.2) is 59.7 Å². The third-order valence-corrected chi connectivity index (χ3v) is 4.09. The summed E-state index contributed by atoms with van der Waals surface area (Å²) in [5.74, 6) is -0.0436. The number of hydrogen-bond acceptors (Lipinski definition) is 3. The van der Waals surface area contributed by atoms with Crippen LogP contribution in [0.3, 0.4) is 0 Å². The Morgan fingerprint density at radius 1 is 1.30 bits per heavy atom. The first-order chi connectivity index (χ1) is 11.2. The van der Waals surface area contributed by atoms with Crippen molar-refractivity contribution in [2.24, 2.45) is 0 Å². The summed E-state index contributed by atoms with van der Waals surface area (Å²) in [6.07, 6.45) is 10.4. The molecule has 2 heterocycles. The summed E-state index contributed by atoms with van der Waals surface area (Å²) in [5.41, 5.74) is 2.49. The third kappa shape index (κ3) is 3.32. The molecule has 3 aromatic rings. The number of aromatic nitrogens is 4. The first-order valence-corrected chi connectivity index (χ1v) is 8.00. The predicted molar refractivity (Wildman–Crippen MR) is 92.5 cm³/mol. The maximum absolute atomic E-state index is 12.3. The number of aryl methyl sites for hydroxylation is 1. The topological polar surface area (TPSA) is 52.7 Å². The summed E-state index contributed by atoms with van der Waals surface area (Å²) < 4.78 is 4.59. The lowest BCUT2D eigenvalue weighted by atomic mass is 10.1. The number of hydrogen-bond donors (Lipinski definition) is 0. The summed E-state index contributed by atoms with van der Waals surface area (Å²) in [6, 6.07) is 7.42. The van der Waals surface area contributed by atoms with Crippen molar-refractivity contribution in [1.29, 1.82) is 0 Å². The Bertz CT molecular complexity index is 832. The van der Waals surface area contributed by atoms with Gasteiger partial charge >= 0.3 is 0 Å². The highest BCUT2D eigenvalue weighted by Gasteiger charge is 2.06. The van der Waals surface area contributed by atoms with Gasteiger partial charge in [-0.2, -0.15) is 5.10 Å². The Kier molecular flexibility index (Phi) is 4.52. The van der Waals surface area contributed by atoms with Gasteiger partial charge in [-0.1, -0.05) is 0 Å². The van der Waals surface area contributed by atoms with Crippen molar-refractivity contribution in [3.8, 4) is 5.69 Å². The molecule has 116 valence electrons. The van der Waals surface area contributed by atoms with E-state index in [2.05, 4.69) is 26.0 Å². The molecule has 0 aliphatic rings. The molecule has 0 fully saturated rings. The summed E-state index contributed by atoms with van der Waals surface area (Å²) in [6.45, 7) is 2.76. The van der Waals surface area contributed by atoms with Crippen LogP contribution in [0.25, 0.3) is 11.8 Å². The highest BCUT2D eigenvalue weighted by molar-refractivity contribution is 9.10. The lowest BCUT2D eigenvalue weighted by Gasteiger charge is -2.03. The average Bonchev–Trinajstić information content (AvgIpc) is 3.22. The van der Waals surface area contributed by atoms with Gasteiger partial charge in [0.2, 0.25) is 0 Å². The van der Waals surface area contributed by atoms with E-state index in [1.54, 1.807) is 30.9 Å². The van der Waals surface area contributed by atoms with Crippen molar-refractivity contribution in [2.45, 2.75) is 13.5 Å². The van der Waals surface area contributed by atoms with E-state index in [-0.39, 0.29) is 5.78 Å². The summed E-state index contributed by atoms with van der Waals surface area (Å²) in [5, 5.41) is 4.22. The minimum absolute atomic E-state index is 0.0436. The maximum atomic E-state index is 12.3. The van der Waals surface area contributed by atoms with Gasteiger partial charge < -0.3 is 4.57 Å². The number of ketones is 1. The Morgan fingerprint density at radius 3 is 2.74 bits per heavy atom. The van der Waals surface area contributed by atoms with E-state index in [0.29, 0.717) is 5.56 Å². The number of benzene rings is 1. The molecule has 3 rings (SSSR count). The molecule has 23 heavy (non-hydrogen) atoms. The highest BCUT2D eigenvalue weighted by Crippen LogP contribution is 2.18. The van der Waals surface area contributed by atoms with Crippen molar-refractivity contribution in [3.05, 3.63) is 71.0 Å². The zero-order chi connectivity index (χ0) is 16.2. The number of allylic oxidation sites excluding steroid dienone is 1. The zero-order valence-electron chi connectivity index (χ0n) is 12.6. The van der Waals surface area contributed by atoms with Gasteiger partial charge in [0.15, 0.2) is 5.78 Å². The largest absolute Gasteiger partial charge is 0.306 e. The summed E-state index contributed by atoms with van der Waals surface area (Å²) in [4.78, 5) is 16.3. The number of imidazole rings is 1. The van der Waals surface area contributed by atoms with E-state index in [1.807, 2.05) is 46.6 Å². The molecule has 0 aliphatic heterocycles. The van der Waals surface area contributed by atoms with E-state index < -0.39 is 0 Å². The van der Waals surface area contributed by atoms with Crippen LogP contribution in [0.4, 0.5) is 0 Å². The van der Waals surface area contributed by atoms with Gasteiger partial charge in [-0.25, -0.2) is 4.98 Å². The Morgan fingerprint density at radius 2 is 2.09 bits per heavy atom. The molecule has 0 radical (unpaired) electrons. The maximum Gasteiger partial charge on any atom is 0.185 e. The molecule has 0 N–H and O–H groups in total. The number of rotatable bonds is 5. The van der Waals surface area contributed by atoms with Gasteiger partial charge in [0.05, 0.1) is 22.7 Å². The second-order valence-corrected chi connectivity index (χ2v) is 5.76. The third-order valence-electron chi connectivity index (χ3n) is 3.48. The second-order valence-electron chi connectivity index (χ2n) is 4.91. The van der Waals surface area contributed by atoms with Crippen LogP contribution in [-0.4, -0.2) is 25.1 Å². The summed E-state index contributed by atoms with van der Waals surface area (Å²) in [7, 11) is 0. The molecule has 6 heteroatoms. The monoisotopic (exact) mass is 370 g/mol. The standard InChI is InChI=1S/C17H15BrN4O/c1-2-22-16(15(18)11-20-22)7-8-17(23)13-3-5-14(6-4-13)21-10-9-19-12-21/h3-12H,2H2,1H3/b8-7+. The number of carbonyl (C=O) groups excluding carboxylic acids is 1. The number of nitrogens with zero attached hydrogens (tertiary/aromatic N) is 4. The predicted octanol–water partition coefficient (Wildman–Crippen LogP) is 3.75. The fourth-order valence-electron chi connectivity index (χ4n) is 2.25. The lowest BCUT2D eigenvalue weighted by Crippen LogP contribution is -2.00. The fourth-order valence-corrected chi connectivity index (χ4v) is 2.68. The van der Waals surface area contributed by atoms with E-state index in [0.717, 1.165) is 22.4 Å². The summed E-state index contributed by atoms with van der Waals surface area (Å²) >= 11 is 3.44. The van der Waals surface area contributed by atoms with Crippen molar-refractivity contribution in [3.63, 3.8) is 0 Å². The SMILES string of the molecule is CCn1ncc(Br)c1/C=C/C(=O)c1ccc(-n2ccnc2)cc1. The molecule has 0 spiro atoms. The van der Waals surface area contributed by atoms with Gasteiger partial charge in [0, 0.05) is 30.2 Å². The normalized spacial score (nSPS) is 11.2. The van der Waals surface area contributed by atoms with Gasteiger partial charge in [-0.05, 0) is 59.3 Å². The molecule has 1 aromatic carbocycles. The molecule has 0 saturated heterocycles. The minimum Gasteiger partial charge on any atom is -0.306 e. The lowest BCUT2D eigenvalue weighted by molar-refractivity contribution is 0.104. The van der Waals surface area contributed by atoms with Crippen molar-refractivity contribution >= 4 is 27.8 Å². The van der Waals surface area contributed by atoms with Crippen molar-refractivity contribution in [1.82, 2.24) is 19.3 Å². The molecule has 0 amide bonds. The van der Waals surface area contributed by atoms with E-state index in [1.165, 1.54) is 0 Å². The number of carbonyl (C=O) groups is 1. The smallest absolute Gasteiger partial charge is 0.185 e. The van der Waals surface area contributed by atoms with Gasteiger partial charge in [-0.3, -0.25) is 9.48 Å². The molecule has 0 aliphatic carbocycles. The number of halogens is 1.